The van der Waals surface area contributed by atoms with Gasteiger partial charge in [-0.2, -0.15) is 0 Å². The average molecular weight is 401 g/mol. The Morgan fingerprint density at radius 3 is 2.43 bits per heavy atom. The monoisotopic (exact) mass is 401 g/mol. The van der Waals surface area contributed by atoms with Gasteiger partial charge in [0, 0.05) is 22.7 Å². The number of amides is 1. The minimum atomic E-state index is -0.541. The van der Waals surface area contributed by atoms with Crippen molar-refractivity contribution in [3.63, 3.8) is 0 Å². The number of esters is 1. The predicted octanol–water partition coefficient (Wildman–Crippen LogP) is 4.53. The number of furan rings is 1. The van der Waals surface area contributed by atoms with Gasteiger partial charge in [-0.15, -0.1) is 0 Å². The number of phenols is 1. The van der Waals surface area contributed by atoms with Crippen LogP contribution in [0.4, 0.5) is 5.69 Å². The fraction of sp³-hybridized carbons (Fsp3) is 0.0833. The molecule has 1 aromatic heterocycles. The summed E-state index contributed by atoms with van der Waals surface area (Å²) in [7, 11) is 0. The molecule has 0 aliphatic heterocycles. The number of carbonyl (C=O) groups excluding carboxylic acids is 2. The van der Waals surface area contributed by atoms with Crippen molar-refractivity contribution in [3.05, 3.63) is 84.6 Å². The first-order chi connectivity index (χ1) is 14.6. The van der Waals surface area contributed by atoms with Gasteiger partial charge in [-0.05, 0) is 35.4 Å². The van der Waals surface area contributed by atoms with Gasteiger partial charge in [0.1, 0.15) is 11.3 Å². The maximum atomic E-state index is 12.1. The molecule has 2 N–H and O–H groups in total. The SMILES string of the molecule is O=C(COC(=O)Cc1coc2cc(O)ccc12)Nc1ccc(-c2ccccc2)cc1. The summed E-state index contributed by atoms with van der Waals surface area (Å²) in [6.07, 6.45) is 1.41. The summed E-state index contributed by atoms with van der Waals surface area (Å²) in [6.45, 7) is -0.379. The van der Waals surface area contributed by atoms with E-state index in [0.29, 0.717) is 22.2 Å². The molecule has 30 heavy (non-hydrogen) atoms. The number of aromatic hydroxyl groups is 1. The Hall–Kier alpha value is -4.06. The first-order valence-corrected chi connectivity index (χ1v) is 9.38. The van der Waals surface area contributed by atoms with E-state index in [0.717, 1.165) is 11.1 Å². The van der Waals surface area contributed by atoms with E-state index in [9.17, 15) is 14.7 Å². The van der Waals surface area contributed by atoms with Crippen molar-refractivity contribution in [2.24, 2.45) is 0 Å². The molecule has 0 aliphatic rings. The fourth-order valence-corrected chi connectivity index (χ4v) is 3.14. The first kappa shape index (κ1) is 19.3. The summed E-state index contributed by atoms with van der Waals surface area (Å²) in [5.74, 6) is -0.877. The van der Waals surface area contributed by atoms with Crippen molar-refractivity contribution >= 4 is 28.5 Å². The minimum Gasteiger partial charge on any atom is -0.508 e. The van der Waals surface area contributed by atoms with Crippen molar-refractivity contribution < 1.29 is 23.8 Å². The summed E-state index contributed by atoms with van der Waals surface area (Å²) in [4.78, 5) is 24.2. The van der Waals surface area contributed by atoms with Crippen LogP contribution in [-0.4, -0.2) is 23.6 Å². The van der Waals surface area contributed by atoms with Crippen LogP contribution in [0.5, 0.6) is 5.75 Å². The Kier molecular flexibility index (Phi) is 5.48. The number of ether oxygens (including phenoxy) is 1. The Morgan fingerprint density at radius 2 is 1.67 bits per heavy atom. The molecule has 0 spiro atoms. The van der Waals surface area contributed by atoms with Crippen LogP contribution < -0.4 is 5.32 Å². The lowest BCUT2D eigenvalue weighted by Crippen LogP contribution is -2.21. The van der Waals surface area contributed by atoms with Gasteiger partial charge in [-0.25, -0.2) is 0 Å². The number of anilines is 1. The molecule has 0 fully saturated rings. The highest BCUT2D eigenvalue weighted by Gasteiger charge is 2.13. The number of nitrogens with one attached hydrogen (secondary N) is 1. The Bertz CT molecular complexity index is 1180. The molecule has 0 aliphatic carbocycles. The molecule has 6 nitrogen and oxygen atoms in total. The molecule has 6 heteroatoms. The smallest absolute Gasteiger partial charge is 0.310 e. The normalized spacial score (nSPS) is 10.7. The van der Waals surface area contributed by atoms with E-state index in [-0.39, 0.29) is 18.8 Å². The molecule has 1 amide bonds. The summed E-state index contributed by atoms with van der Waals surface area (Å²) in [6, 6.07) is 22.0. The largest absolute Gasteiger partial charge is 0.508 e. The quantitative estimate of drug-likeness (QED) is 0.464. The van der Waals surface area contributed by atoms with Crippen LogP contribution in [0.2, 0.25) is 0 Å². The highest BCUT2D eigenvalue weighted by atomic mass is 16.5. The number of hydrogen-bond acceptors (Lipinski definition) is 5. The van der Waals surface area contributed by atoms with Crippen LogP contribution in [0.1, 0.15) is 5.56 Å². The summed E-state index contributed by atoms with van der Waals surface area (Å²) >= 11 is 0. The number of benzene rings is 3. The zero-order valence-electron chi connectivity index (χ0n) is 16.0. The van der Waals surface area contributed by atoms with Crippen molar-refractivity contribution in [1.29, 1.82) is 0 Å². The standard InChI is InChI=1S/C24H19NO5/c26-20-10-11-21-18(14-29-22(21)13-20)12-24(28)30-15-23(27)25-19-8-6-17(7-9-19)16-4-2-1-3-5-16/h1-11,13-14,26H,12,15H2,(H,25,27). The van der Waals surface area contributed by atoms with Gasteiger partial charge >= 0.3 is 5.97 Å². The van der Waals surface area contributed by atoms with Crippen LogP contribution in [0.15, 0.2) is 83.5 Å². The van der Waals surface area contributed by atoms with Gasteiger partial charge in [0.05, 0.1) is 12.7 Å². The third-order valence-corrected chi connectivity index (χ3v) is 4.61. The van der Waals surface area contributed by atoms with E-state index in [1.807, 2.05) is 42.5 Å². The summed E-state index contributed by atoms with van der Waals surface area (Å²) in [5, 5.41) is 12.9. The third-order valence-electron chi connectivity index (χ3n) is 4.61. The Balaban J connectivity index is 1.29. The molecular formula is C24H19NO5. The number of phenolic OH excluding ortho intramolecular Hbond substituents is 1. The van der Waals surface area contributed by atoms with Gasteiger partial charge < -0.3 is 19.6 Å². The lowest BCUT2D eigenvalue weighted by Gasteiger charge is -2.08. The van der Waals surface area contributed by atoms with E-state index in [2.05, 4.69) is 5.32 Å². The molecule has 0 bridgehead atoms. The maximum absolute atomic E-state index is 12.1. The molecule has 0 radical (unpaired) electrons. The van der Waals surface area contributed by atoms with Crippen LogP contribution >= 0.6 is 0 Å². The van der Waals surface area contributed by atoms with Gasteiger partial charge in [-0.1, -0.05) is 42.5 Å². The number of rotatable bonds is 6. The van der Waals surface area contributed by atoms with Crippen LogP contribution in [-0.2, 0) is 20.7 Å². The molecule has 0 saturated heterocycles. The highest BCUT2D eigenvalue weighted by molar-refractivity contribution is 5.93. The van der Waals surface area contributed by atoms with Crippen LogP contribution in [0.25, 0.3) is 22.1 Å². The van der Waals surface area contributed by atoms with E-state index in [1.54, 1.807) is 18.2 Å². The molecule has 4 rings (SSSR count). The second-order valence-electron chi connectivity index (χ2n) is 6.77. The molecule has 0 atom stereocenters. The molecular weight excluding hydrogens is 382 g/mol. The zero-order chi connectivity index (χ0) is 20.9. The molecule has 1 heterocycles. The Labute approximate surface area is 172 Å². The van der Waals surface area contributed by atoms with E-state index in [1.165, 1.54) is 18.4 Å². The molecule has 0 unspecified atom stereocenters. The lowest BCUT2D eigenvalue weighted by molar-refractivity contribution is -0.146. The van der Waals surface area contributed by atoms with Crippen molar-refractivity contribution in [1.82, 2.24) is 0 Å². The van der Waals surface area contributed by atoms with Crippen LogP contribution in [0, 0.1) is 0 Å². The predicted molar refractivity (Wildman–Crippen MR) is 113 cm³/mol. The lowest BCUT2D eigenvalue weighted by atomic mass is 10.1. The zero-order valence-corrected chi connectivity index (χ0v) is 16.0. The van der Waals surface area contributed by atoms with Crippen molar-refractivity contribution in [3.8, 4) is 16.9 Å². The van der Waals surface area contributed by atoms with Crippen molar-refractivity contribution in [2.75, 3.05) is 11.9 Å². The molecule has 150 valence electrons. The maximum Gasteiger partial charge on any atom is 0.310 e. The minimum absolute atomic E-state index is 0.0309. The van der Waals surface area contributed by atoms with Gasteiger partial charge in [-0.3, -0.25) is 9.59 Å². The van der Waals surface area contributed by atoms with Gasteiger partial charge in [0.15, 0.2) is 6.61 Å². The topological polar surface area (TPSA) is 88.8 Å². The highest BCUT2D eigenvalue weighted by Crippen LogP contribution is 2.25. The van der Waals surface area contributed by atoms with Gasteiger partial charge in [0.25, 0.3) is 5.91 Å². The van der Waals surface area contributed by atoms with E-state index >= 15 is 0 Å². The first-order valence-electron chi connectivity index (χ1n) is 9.38. The molecule has 3 aromatic carbocycles. The van der Waals surface area contributed by atoms with Crippen LogP contribution in [0.3, 0.4) is 0 Å². The molecule has 0 saturated carbocycles. The average Bonchev–Trinajstić information content (AvgIpc) is 3.15. The fourth-order valence-electron chi connectivity index (χ4n) is 3.14. The second kappa shape index (κ2) is 8.53. The second-order valence-corrected chi connectivity index (χ2v) is 6.77. The number of hydrogen-bond donors (Lipinski definition) is 2. The summed E-state index contributed by atoms with van der Waals surface area (Å²) < 4.78 is 10.4. The summed E-state index contributed by atoms with van der Waals surface area (Å²) in [5.41, 5.74) is 3.87. The third kappa shape index (κ3) is 4.50. The van der Waals surface area contributed by atoms with E-state index < -0.39 is 11.9 Å². The molecule has 4 aromatic rings. The van der Waals surface area contributed by atoms with E-state index in [4.69, 9.17) is 9.15 Å². The van der Waals surface area contributed by atoms with Crippen molar-refractivity contribution in [2.45, 2.75) is 6.42 Å². The Morgan fingerprint density at radius 1 is 0.933 bits per heavy atom. The van der Waals surface area contributed by atoms with Gasteiger partial charge in [0.2, 0.25) is 0 Å². The number of carbonyl (C=O) groups is 2. The number of fused-ring (bicyclic) bond motifs is 1.